The fourth-order valence-electron chi connectivity index (χ4n) is 1.64. The molecular formula is C12H22S. The van der Waals surface area contributed by atoms with Crippen LogP contribution in [0.2, 0.25) is 0 Å². The zero-order chi connectivity index (χ0) is 9.36. The van der Waals surface area contributed by atoms with Crippen LogP contribution >= 0.6 is 11.8 Å². The van der Waals surface area contributed by atoms with Gasteiger partial charge in [-0.15, -0.1) is 11.8 Å². The van der Waals surface area contributed by atoms with Gasteiger partial charge in [0.15, 0.2) is 0 Å². The van der Waals surface area contributed by atoms with E-state index < -0.39 is 0 Å². The van der Waals surface area contributed by atoms with Crippen molar-refractivity contribution >= 4 is 11.8 Å². The molecule has 1 aliphatic carbocycles. The first-order valence-electron chi connectivity index (χ1n) is 5.75. The molecule has 1 heteroatoms. The molecule has 0 amide bonds. The molecule has 0 atom stereocenters. The summed E-state index contributed by atoms with van der Waals surface area (Å²) in [5.74, 6) is 1.34. The van der Waals surface area contributed by atoms with Crippen LogP contribution in [-0.4, -0.2) is 5.75 Å². The average molecular weight is 198 g/mol. The van der Waals surface area contributed by atoms with E-state index in [1.54, 1.807) is 4.91 Å². The number of hydrogen-bond acceptors (Lipinski definition) is 1. The first-order valence-corrected chi connectivity index (χ1v) is 6.74. The van der Waals surface area contributed by atoms with Gasteiger partial charge in [-0.25, -0.2) is 0 Å². The highest BCUT2D eigenvalue weighted by molar-refractivity contribution is 8.03. The lowest BCUT2D eigenvalue weighted by molar-refractivity contribution is 0.635. The summed E-state index contributed by atoms with van der Waals surface area (Å²) in [7, 11) is 0. The quantitative estimate of drug-likeness (QED) is 0.587. The summed E-state index contributed by atoms with van der Waals surface area (Å²) in [5.41, 5.74) is 0. The first kappa shape index (κ1) is 11.2. The van der Waals surface area contributed by atoms with E-state index in [9.17, 15) is 0 Å². The predicted molar refractivity (Wildman–Crippen MR) is 63.2 cm³/mol. The molecule has 0 aliphatic heterocycles. The highest BCUT2D eigenvalue weighted by atomic mass is 32.2. The highest BCUT2D eigenvalue weighted by Crippen LogP contribution is 2.26. The van der Waals surface area contributed by atoms with Gasteiger partial charge < -0.3 is 0 Å². The molecule has 0 radical (unpaired) electrons. The Morgan fingerprint density at radius 3 is 2.92 bits per heavy atom. The van der Waals surface area contributed by atoms with Crippen molar-refractivity contribution in [3.63, 3.8) is 0 Å². The molecule has 0 spiro atoms. The van der Waals surface area contributed by atoms with Gasteiger partial charge in [0.05, 0.1) is 0 Å². The molecule has 13 heavy (non-hydrogen) atoms. The third-order valence-electron chi connectivity index (χ3n) is 2.53. The van der Waals surface area contributed by atoms with Crippen LogP contribution in [0.4, 0.5) is 0 Å². The number of hydrogen-bond donors (Lipinski definition) is 0. The minimum Gasteiger partial charge on any atom is -0.131 e. The lowest BCUT2D eigenvalue weighted by atomic mass is 10.1. The maximum atomic E-state index is 2.49. The molecule has 1 rings (SSSR count). The summed E-state index contributed by atoms with van der Waals surface area (Å²) < 4.78 is 0. The van der Waals surface area contributed by atoms with Crippen molar-refractivity contribution in [2.45, 2.75) is 58.3 Å². The van der Waals surface area contributed by atoms with Gasteiger partial charge in [0.25, 0.3) is 0 Å². The summed E-state index contributed by atoms with van der Waals surface area (Å²) >= 11 is 2.11. The maximum absolute atomic E-state index is 2.49. The lowest BCUT2D eigenvalue weighted by Crippen LogP contribution is -1.88. The molecule has 0 aromatic rings. The Labute approximate surface area is 87.2 Å². The smallest absolute Gasteiger partial charge is 0.00235 e. The lowest BCUT2D eigenvalue weighted by Gasteiger charge is -2.10. The number of allylic oxidation sites excluding steroid dienone is 2. The van der Waals surface area contributed by atoms with E-state index >= 15 is 0 Å². The summed E-state index contributed by atoms with van der Waals surface area (Å²) in [6.07, 6.45) is 13.6. The van der Waals surface area contributed by atoms with E-state index in [0.717, 1.165) is 0 Å². The maximum Gasteiger partial charge on any atom is -0.00235 e. The molecule has 76 valence electrons. The number of unbranched alkanes of at least 4 members (excludes halogenated alkanes) is 1. The fourth-order valence-corrected chi connectivity index (χ4v) is 2.86. The summed E-state index contributed by atoms with van der Waals surface area (Å²) in [6.45, 7) is 2.27. The van der Waals surface area contributed by atoms with Crippen molar-refractivity contribution in [3.05, 3.63) is 11.0 Å². The number of rotatable bonds is 4. The van der Waals surface area contributed by atoms with Crippen LogP contribution in [0, 0.1) is 0 Å². The van der Waals surface area contributed by atoms with E-state index in [2.05, 4.69) is 24.8 Å². The van der Waals surface area contributed by atoms with E-state index in [1.165, 1.54) is 57.1 Å². The van der Waals surface area contributed by atoms with Crippen molar-refractivity contribution in [1.82, 2.24) is 0 Å². The van der Waals surface area contributed by atoms with Crippen LogP contribution in [0.5, 0.6) is 0 Å². The van der Waals surface area contributed by atoms with Crippen molar-refractivity contribution in [1.29, 1.82) is 0 Å². The molecule has 1 aliphatic rings. The Morgan fingerprint density at radius 1 is 1.23 bits per heavy atom. The van der Waals surface area contributed by atoms with Crippen LogP contribution < -0.4 is 0 Å². The van der Waals surface area contributed by atoms with Gasteiger partial charge in [0.2, 0.25) is 0 Å². The molecule has 0 bridgehead atoms. The number of thioether (sulfide) groups is 1. The van der Waals surface area contributed by atoms with Crippen LogP contribution in [0.1, 0.15) is 58.3 Å². The third-order valence-corrected chi connectivity index (χ3v) is 3.77. The highest BCUT2D eigenvalue weighted by Gasteiger charge is 2.01. The predicted octanol–water partition coefficient (Wildman–Crippen LogP) is 4.76. The molecule has 0 N–H and O–H groups in total. The van der Waals surface area contributed by atoms with Crippen LogP contribution in [0.3, 0.4) is 0 Å². The second kappa shape index (κ2) is 7.49. The third kappa shape index (κ3) is 5.41. The standard InChI is InChI=1S/C12H22S/c1-2-3-11-13-12-9-7-5-4-6-8-10-12/h9H,2-8,10-11H2,1H3. The molecule has 0 saturated carbocycles. The molecule has 0 fully saturated rings. The Hall–Kier alpha value is 0.0900. The van der Waals surface area contributed by atoms with Gasteiger partial charge in [-0.2, -0.15) is 0 Å². The largest absolute Gasteiger partial charge is 0.131 e. The van der Waals surface area contributed by atoms with Gasteiger partial charge >= 0.3 is 0 Å². The van der Waals surface area contributed by atoms with Crippen LogP contribution in [0.25, 0.3) is 0 Å². The summed E-state index contributed by atoms with van der Waals surface area (Å²) in [6, 6.07) is 0. The fraction of sp³-hybridized carbons (Fsp3) is 0.833. The van der Waals surface area contributed by atoms with Gasteiger partial charge in [0.1, 0.15) is 0 Å². The van der Waals surface area contributed by atoms with E-state index in [1.807, 2.05) is 0 Å². The minimum atomic E-state index is 1.33. The summed E-state index contributed by atoms with van der Waals surface area (Å²) in [4.78, 5) is 1.67. The topological polar surface area (TPSA) is 0 Å². The molecule has 0 heterocycles. The Balaban J connectivity index is 2.19. The van der Waals surface area contributed by atoms with Gasteiger partial charge in [-0.05, 0) is 42.8 Å². The normalized spacial score (nSPS) is 19.0. The zero-order valence-electron chi connectivity index (χ0n) is 8.85. The average Bonchev–Trinajstić information content (AvgIpc) is 2.08. The van der Waals surface area contributed by atoms with Gasteiger partial charge in [-0.1, -0.05) is 32.3 Å². The minimum absolute atomic E-state index is 1.33. The van der Waals surface area contributed by atoms with E-state index in [-0.39, 0.29) is 0 Å². The molecule has 0 nitrogen and oxygen atoms in total. The molecule has 0 saturated heterocycles. The Bertz CT molecular complexity index is 149. The second-order valence-corrected chi connectivity index (χ2v) is 5.05. The van der Waals surface area contributed by atoms with Gasteiger partial charge in [0, 0.05) is 0 Å². The van der Waals surface area contributed by atoms with Crippen molar-refractivity contribution in [3.8, 4) is 0 Å². The van der Waals surface area contributed by atoms with Crippen LogP contribution in [0.15, 0.2) is 11.0 Å². The van der Waals surface area contributed by atoms with Crippen molar-refractivity contribution < 1.29 is 0 Å². The van der Waals surface area contributed by atoms with Crippen LogP contribution in [-0.2, 0) is 0 Å². The van der Waals surface area contributed by atoms with Crippen molar-refractivity contribution in [2.75, 3.05) is 5.75 Å². The zero-order valence-corrected chi connectivity index (χ0v) is 9.67. The van der Waals surface area contributed by atoms with Gasteiger partial charge in [-0.3, -0.25) is 0 Å². The molecule has 0 aromatic carbocycles. The van der Waals surface area contributed by atoms with Crippen molar-refractivity contribution in [2.24, 2.45) is 0 Å². The second-order valence-electron chi connectivity index (χ2n) is 3.83. The molecular weight excluding hydrogens is 176 g/mol. The molecule has 0 unspecified atom stereocenters. The Morgan fingerprint density at radius 2 is 2.08 bits per heavy atom. The SMILES string of the molecule is CCCCSC1=CCCCCCC1. The molecule has 0 aromatic heterocycles. The first-order chi connectivity index (χ1) is 6.43. The summed E-state index contributed by atoms with van der Waals surface area (Å²) in [5, 5.41) is 0. The van der Waals surface area contributed by atoms with E-state index in [4.69, 9.17) is 0 Å². The Kier molecular flexibility index (Phi) is 6.43. The van der Waals surface area contributed by atoms with E-state index in [0.29, 0.717) is 0 Å². The monoisotopic (exact) mass is 198 g/mol.